The van der Waals surface area contributed by atoms with Crippen molar-refractivity contribution in [1.82, 2.24) is 15.8 Å². The van der Waals surface area contributed by atoms with Crippen LogP contribution in [0.4, 0.5) is 0 Å². The molecule has 0 aliphatic carbocycles. The van der Waals surface area contributed by atoms with Gasteiger partial charge in [-0.05, 0) is 11.6 Å². The Hall–Kier alpha value is -2.70. The number of hydrogen-bond acceptors (Lipinski definition) is 5. The number of phenols is 1. The molecule has 0 saturated carbocycles. The van der Waals surface area contributed by atoms with Gasteiger partial charge in [-0.1, -0.05) is 48.5 Å². The molecule has 2 aromatic rings. The number of amides is 2. The Kier molecular flexibility index (Phi) is 3.55. The number of rotatable bonds is 3. The third-order valence-corrected chi connectivity index (χ3v) is 4.63. The highest BCUT2D eigenvalue weighted by atomic mass is 16.3. The van der Waals surface area contributed by atoms with Crippen LogP contribution in [0.2, 0.25) is 0 Å². The van der Waals surface area contributed by atoms with E-state index in [4.69, 9.17) is 0 Å². The van der Waals surface area contributed by atoms with Crippen LogP contribution in [0, 0.1) is 5.92 Å². The zero-order valence-electron chi connectivity index (χ0n) is 12.8. The zero-order valence-corrected chi connectivity index (χ0v) is 12.8. The van der Waals surface area contributed by atoms with Gasteiger partial charge in [-0.25, -0.2) is 10.4 Å². The number of nitrogens with zero attached hydrogens (tertiary/aromatic N) is 1. The first-order valence-corrected chi connectivity index (χ1v) is 7.84. The molecule has 2 aliphatic heterocycles. The Labute approximate surface area is 139 Å². The number of benzene rings is 2. The summed E-state index contributed by atoms with van der Waals surface area (Å²) in [5.74, 6) is -1.05. The molecular weight excluding hydrogens is 306 g/mol. The van der Waals surface area contributed by atoms with Gasteiger partial charge in [0.2, 0.25) is 11.8 Å². The number of nitrogens with one attached hydrogen (secondary N) is 2. The standard InChI is InChI=1S/C18H17N3O3/c22-13-9-5-4-8-12(13)15-14-16(18(24)19-17(14)23)21(20-15)10-11-6-2-1-3-7-11/h1-9,14-16,20,22H,10H2,(H,19,23,24)/t14-,15+,16+/m1/s1. The van der Waals surface area contributed by atoms with Crippen molar-refractivity contribution in [1.29, 1.82) is 0 Å². The third kappa shape index (κ3) is 2.36. The number of imide groups is 1. The first-order valence-electron chi connectivity index (χ1n) is 7.84. The molecule has 6 heteroatoms. The monoisotopic (exact) mass is 323 g/mol. The van der Waals surface area contributed by atoms with Gasteiger partial charge in [-0.15, -0.1) is 0 Å². The molecule has 2 aromatic carbocycles. The number of para-hydroxylation sites is 1. The minimum Gasteiger partial charge on any atom is -0.508 e. The summed E-state index contributed by atoms with van der Waals surface area (Å²) in [5, 5.41) is 14.3. The summed E-state index contributed by atoms with van der Waals surface area (Å²) in [5.41, 5.74) is 4.91. The number of carbonyl (C=O) groups excluding carboxylic acids is 2. The van der Waals surface area contributed by atoms with Crippen LogP contribution in [0.3, 0.4) is 0 Å². The van der Waals surface area contributed by atoms with Crippen molar-refractivity contribution < 1.29 is 14.7 Å². The lowest BCUT2D eigenvalue weighted by Gasteiger charge is -2.22. The van der Waals surface area contributed by atoms with E-state index in [0.29, 0.717) is 12.1 Å². The molecule has 4 rings (SSSR count). The second kappa shape index (κ2) is 5.74. The molecule has 2 heterocycles. The number of carbonyl (C=O) groups is 2. The number of fused-ring (bicyclic) bond motifs is 1. The topological polar surface area (TPSA) is 81.7 Å². The first-order chi connectivity index (χ1) is 11.6. The molecule has 3 atom stereocenters. The van der Waals surface area contributed by atoms with E-state index in [9.17, 15) is 14.7 Å². The van der Waals surface area contributed by atoms with E-state index in [0.717, 1.165) is 5.56 Å². The van der Waals surface area contributed by atoms with Crippen LogP contribution < -0.4 is 10.7 Å². The summed E-state index contributed by atoms with van der Waals surface area (Å²) in [4.78, 5) is 24.5. The Bertz CT molecular complexity index is 793. The van der Waals surface area contributed by atoms with E-state index in [2.05, 4.69) is 10.7 Å². The number of hydrogen-bond donors (Lipinski definition) is 3. The highest BCUT2D eigenvalue weighted by Crippen LogP contribution is 2.40. The second-order valence-electron chi connectivity index (χ2n) is 6.10. The number of hydrazine groups is 1. The molecule has 24 heavy (non-hydrogen) atoms. The van der Waals surface area contributed by atoms with Crippen molar-refractivity contribution in [2.45, 2.75) is 18.6 Å². The summed E-state index contributed by atoms with van der Waals surface area (Å²) < 4.78 is 0. The van der Waals surface area contributed by atoms with Crippen molar-refractivity contribution in [3.8, 4) is 5.75 Å². The van der Waals surface area contributed by atoms with Crippen LogP contribution >= 0.6 is 0 Å². The SMILES string of the molecule is O=C1NC(=O)[C@@H]2[C@H]1[C@H](c1ccccc1O)NN2Cc1ccccc1. The molecule has 0 spiro atoms. The molecule has 0 unspecified atom stereocenters. The van der Waals surface area contributed by atoms with Crippen molar-refractivity contribution in [3.05, 3.63) is 65.7 Å². The fraction of sp³-hybridized carbons (Fsp3) is 0.222. The molecular formula is C18H17N3O3. The maximum Gasteiger partial charge on any atom is 0.246 e. The molecule has 6 nitrogen and oxygen atoms in total. The molecule has 2 saturated heterocycles. The third-order valence-electron chi connectivity index (χ3n) is 4.63. The van der Waals surface area contributed by atoms with E-state index >= 15 is 0 Å². The van der Waals surface area contributed by atoms with Gasteiger partial charge in [0.05, 0.1) is 12.0 Å². The van der Waals surface area contributed by atoms with Crippen LogP contribution in [-0.4, -0.2) is 28.0 Å². The quantitative estimate of drug-likeness (QED) is 0.737. The molecule has 2 aliphatic rings. The molecule has 3 N–H and O–H groups in total. The molecule has 0 aromatic heterocycles. The Morgan fingerprint density at radius 3 is 2.42 bits per heavy atom. The Morgan fingerprint density at radius 2 is 1.67 bits per heavy atom. The smallest absolute Gasteiger partial charge is 0.246 e. The zero-order chi connectivity index (χ0) is 16.7. The Morgan fingerprint density at radius 1 is 0.958 bits per heavy atom. The van der Waals surface area contributed by atoms with Gasteiger partial charge in [0.1, 0.15) is 11.8 Å². The maximum absolute atomic E-state index is 12.3. The lowest BCUT2D eigenvalue weighted by molar-refractivity contribution is -0.127. The van der Waals surface area contributed by atoms with Gasteiger partial charge >= 0.3 is 0 Å². The van der Waals surface area contributed by atoms with Crippen molar-refractivity contribution in [2.75, 3.05) is 0 Å². The van der Waals surface area contributed by atoms with Gasteiger partial charge in [0.25, 0.3) is 0 Å². The van der Waals surface area contributed by atoms with Crippen molar-refractivity contribution in [3.63, 3.8) is 0 Å². The van der Waals surface area contributed by atoms with Crippen molar-refractivity contribution in [2.24, 2.45) is 5.92 Å². The van der Waals surface area contributed by atoms with Crippen LogP contribution in [0.1, 0.15) is 17.2 Å². The van der Waals surface area contributed by atoms with E-state index in [1.165, 1.54) is 0 Å². The predicted octanol–water partition coefficient (Wildman–Crippen LogP) is 1.09. The highest BCUT2D eigenvalue weighted by molar-refractivity contribution is 6.07. The average molecular weight is 323 g/mol. The van der Waals surface area contributed by atoms with E-state index < -0.39 is 18.0 Å². The normalized spacial score (nSPS) is 26.4. The lowest BCUT2D eigenvalue weighted by atomic mass is 9.90. The summed E-state index contributed by atoms with van der Waals surface area (Å²) in [6.07, 6.45) is 0. The minimum absolute atomic E-state index is 0.113. The summed E-state index contributed by atoms with van der Waals surface area (Å²) in [7, 11) is 0. The molecule has 2 amide bonds. The maximum atomic E-state index is 12.3. The van der Waals surface area contributed by atoms with E-state index in [-0.39, 0.29) is 17.6 Å². The van der Waals surface area contributed by atoms with E-state index in [1.807, 2.05) is 30.3 Å². The van der Waals surface area contributed by atoms with Crippen LogP contribution in [0.15, 0.2) is 54.6 Å². The molecule has 122 valence electrons. The second-order valence-corrected chi connectivity index (χ2v) is 6.10. The van der Waals surface area contributed by atoms with Crippen LogP contribution in [0.5, 0.6) is 5.75 Å². The minimum atomic E-state index is -0.581. The van der Waals surface area contributed by atoms with Gasteiger partial charge < -0.3 is 5.11 Å². The highest BCUT2D eigenvalue weighted by Gasteiger charge is 2.55. The lowest BCUT2D eigenvalue weighted by Crippen LogP contribution is -2.43. The molecule has 2 fully saturated rings. The summed E-state index contributed by atoms with van der Waals surface area (Å²) >= 11 is 0. The fourth-order valence-corrected chi connectivity index (χ4v) is 3.53. The number of aromatic hydroxyl groups is 1. The average Bonchev–Trinajstić information content (AvgIpc) is 3.09. The van der Waals surface area contributed by atoms with Crippen LogP contribution in [-0.2, 0) is 16.1 Å². The molecule has 0 bridgehead atoms. The molecule has 0 radical (unpaired) electrons. The van der Waals surface area contributed by atoms with Crippen LogP contribution in [0.25, 0.3) is 0 Å². The first kappa shape index (κ1) is 14.9. The van der Waals surface area contributed by atoms with Gasteiger partial charge in [0.15, 0.2) is 0 Å². The predicted molar refractivity (Wildman–Crippen MR) is 86.4 cm³/mol. The Balaban J connectivity index is 1.69. The summed E-state index contributed by atoms with van der Waals surface area (Å²) in [6, 6.07) is 15.6. The number of phenolic OH excluding ortho intramolecular Hbond substituents is 1. The fourth-order valence-electron chi connectivity index (χ4n) is 3.53. The van der Waals surface area contributed by atoms with Crippen molar-refractivity contribution >= 4 is 11.8 Å². The van der Waals surface area contributed by atoms with Gasteiger partial charge in [-0.2, -0.15) is 0 Å². The van der Waals surface area contributed by atoms with Gasteiger partial charge in [-0.3, -0.25) is 14.9 Å². The largest absolute Gasteiger partial charge is 0.508 e. The van der Waals surface area contributed by atoms with Gasteiger partial charge in [0, 0.05) is 12.1 Å². The summed E-state index contributed by atoms with van der Waals surface area (Å²) in [6.45, 7) is 0.493. The van der Waals surface area contributed by atoms with E-state index in [1.54, 1.807) is 29.3 Å².